The maximum absolute atomic E-state index is 10.8. The van der Waals surface area contributed by atoms with Crippen molar-refractivity contribution in [3.8, 4) is 0 Å². The SMILES string of the molecule is C[C@H](CO[SiH2]CCCCCCCCCCCN(CC(=O)O)CC(=O)O)O[SiH2]CCCCCCCCCCCN(CC(=O)O)CC(=O)O. The molecule has 0 radical (unpaired) electrons. The first-order valence-corrected chi connectivity index (χ1v) is 21.3. The summed E-state index contributed by atoms with van der Waals surface area (Å²) in [5, 5.41) is 35.5. The minimum Gasteiger partial charge on any atom is -0.480 e. The van der Waals surface area contributed by atoms with E-state index >= 15 is 0 Å². The van der Waals surface area contributed by atoms with Crippen molar-refractivity contribution in [3.05, 3.63) is 0 Å². The monoisotopic (exact) mass is 706 g/mol. The Morgan fingerprint density at radius 3 is 1.13 bits per heavy atom. The van der Waals surface area contributed by atoms with E-state index in [0.29, 0.717) is 13.1 Å². The number of carbonyl (C=O) groups is 4. The second kappa shape index (κ2) is 32.7. The standard InChI is InChI=1S/C33H66N2O10Si2/c1-29(45-47-23-19-15-11-7-3-5-9-13-17-21-35(26-32(40)41)27-33(42)43)28-44-46-22-18-14-10-6-2-4-8-12-16-20-34(24-30(36)37)25-31(38)39/h29H,2-28,46-47H2,1H3,(H,36,37)(H,38,39)(H,40,41)(H,42,43)/t29-/m1/s1. The molecule has 0 unspecified atom stereocenters. The quantitative estimate of drug-likeness (QED) is 0.0531. The lowest BCUT2D eigenvalue weighted by molar-refractivity contribution is -0.143. The molecule has 0 saturated carbocycles. The Morgan fingerprint density at radius 2 is 0.787 bits per heavy atom. The molecule has 47 heavy (non-hydrogen) atoms. The van der Waals surface area contributed by atoms with E-state index in [1.807, 2.05) is 0 Å². The molecular weight excluding hydrogens is 641 g/mol. The number of nitrogens with zero attached hydrogens (tertiary/aromatic N) is 2. The number of hydrogen-bond acceptors (Lipinski definition) is 8. The number of unbranched alkanes of at least 4 members (excludes halogenated alkanes) is 16. The van der Waals surface area contributed by atoms with Gasteiger partial charge in [0.2, 0.25) is 0 Å². The zero-order valence-corrected chi connectivity index (χ0v) is 32.0. The molecule has 12 nitrogen and oxygen atoms in total. The van der Waals surface area contributed by atoms with Crippen LogP contribution in [0.1, 0.15) is 122 Å². The van der Waals surface area contributed by atoms with Gasteiger partial charge in [-0.2, -0.15) is 0 Å². The van der Waals surface area contributed by atoms with Crippen LogP contribution in [-0.2, 0) is 28.0 Å². The van der Waals surface area contributed by atoms with Gasteiger partial charge in [0.05, 0.1) is 38.9 Å². The van der Waals surface area contributed by atoms with Gasteiger partial charge in [0.25, 0.3) is 0 Å². The molecule has 1 atom stereocenters. The second-order valence-electron chi connectivity index (χ2n) is 12.8. The van der Waals surface area contributed by atoms with Gasteiger partial charge >= 0.3 is 23.9 Å². The van der Waals surface area contributed by atoms with Gasteiger partial charge in [-0.3, -0.25) is 29.0 Å². The largest absolute Gasteiger partial charge is 0.480 e. The summed E-state index contributed by atoms with van der Waals surface area (Å²) >= 11 is 0. The summed E-state index contributed by atoms with van der Waals surface area (Å²) in [6.07, 6.45) is 21.0. The topological polar surface area (TPSA) is 174 Å². The lowest BCUT2D eigenvalue weighted by atomic mass is 10.1. The maximum Gasteiger partial charge on any atom is 0.317 e. The van der Waals surface area contributed by atoms with E-state index in [2.05, 4.69) is 6.92 Å². The molecule has 0 aliphatic carbocycles. The molecule has 0 aromatic heterocycles. The molecule has 0 fully saturated rings. The molecule has 0 bridgehead atoms. The number of hydrogen-bond donors (Lipinski definition) is 4. The first kappa shape index (κ1) is 45.2. The lowest BCUT2D eigenvalue weighted by Gasteiger charge is -2.17. The molecule has 0 aromatic carbocycles. The average molecular weight is 707 g/mol. The van der Waals surface area contributed by atoms with Crippen LogP contribution in [-0.4, -0.2) is 126 Å². The van der Waals surface area contributed by atoms with Gasteiger partial charge in [-0.1, -0.05) is 103 Å². The fourth-order valence-electron chi connectivity index (χ4n) is 5.58. The summed E-state index contributed by atoms with van der Waals surface area (Å²) in [7, 11) is -0.931. The zero-order valence-electron chi connectivity index (χ0n) is 29.2. The summed E-state index contributed by atoms with van der Waals surface area (Å²) < 4.78 is 12.0. The van der Waals surface area contributed by atoms with Crippen LogP contribution in [0.25, 0.3) is 0 Å². The summed E-state index contributed by atoms with van der Waals surface area (Å²) in [6, 6.07) is 2.45. The zero-order chi connectivity index (χ0) is 35.0. The predicted octanol–water partition coefficient (Wildman–Crippen LogP) is 4.38. The Morgan fingerprint density at radius 1 is 0.489 bits per heavy atom. The number of aliphatic carboxylic acids is 4. The molecule has 0 spiro atoms. The fourth-order valence-corrected chi connectivity index (χ4v) is 8.06. The summed E-state index contributed by atoms with van der Waals surface area (Å²) in [4.78, 5) is 46.3. The van der Waals surface area contributed by atoms with Gasteiger partial charge < -0.3 is 29.3 Å². The van der Waals surface area contributed by atoms with Crippen molar-refractivity contribution in [2.24, 2.45) is 0 Å². The van der Waals surface area contributed by atoms with E-state index in [1.165, 1.54) is 98.9 Å². The minimum atomic E-state index is -0.987. The van der Waals surface area contributed by atoms with Gasteiger partial charge in [0.15, 0.2) is 19.5 Å². The highest BCUT2D eigenvalue weighted by Gasteiger charge is 2.13. The number of rotatable bonds is 37. The molecule has 0 rings (SSSR count). The third-order valence-electron chi connectivity index (χ3n) is 8.07. The van der Waals surface area contributed by atoms with Gasteiger partial charge in [0, 0.05) is 0 Å². The van der Waals surface area contributed by atoms with Crippen molar-refractivity contribution >= 4 is 43.4 Å². The third kappa shape index (κ3) is 35.3. The van der Waals surface area contributed by atoms with Crippen molar-refractivity contribution in [1.29, 1.82) is 0 Å². The predicted molar refractivity (Wildman–Crippen MR) is 190 cm³/mol. The normalized spacial score (nSPS) is 12.7. The highest BCUT2D eigenvalue weighted by atomic mass is 28.2. The smallest absolute Gasteiger partial charge is 0.317 e. The Kier molecular flexibility index (Phi) is 31.4. The molecule has 0 aromatic rings. The molecule has 0 aliphatic rings. The van der Waals surface area contributed by atoms with Crippen LogP contribution in [0.3, 0.4) is 0 Å². The molecule has 14 heteroatoms. The highest BCUT2D eigenvalue weighted by molar-refractivity contribution is 6.27. The molecular formula is C33H66N2O10Si2. The van der Waals surface area contributed by atoms with Crippen LogP contribution in [0.5, 0.6) is 0 Å². The van der Waals surface area contributed by atoms with E-state index < -0.39 is 43.4 Å². The second-order valence-corrected chi connectivity index (χ2v) is 15.8. The van der Waals surface area contributed by atoms with E-state index in [0.717, 1.165) is 45.1 Å². The van der Waals surface area contributed by atoms with Crippen LogP contribution >= 0.6 is 0 Å². The van der Waals surface area contributed by atoms with Gasteiger partial charge in [-0.05, 0) is 44.9 Å². The van der Waals surface area contributed by atoms with Crippen molar-refractivity contribution < 1.29 is 48.5 Å². The van der Waals surface area contributed by atoms with Crippen molar-refractivity contribution in [2.75, 3.05) is 45.9 Å². The van der Waals surface area contributed by atoms with Gasteiger partial charge in [0.1, 0.15) is 0 Å². The number of carboxylic acids is 4. The van der Waals surface area contributed by atoms with E-state index in [-0.39, 0.29) is 32.3 Å². The van der Waals surface area contributed by atoms with Crippen LogP contribution in [0.2, 0.25) is 12.1 Å². The first-order chi connectivity index (χ1) is 22.6. The molecule has 0 amide bonds. The van der Waals surface area contributed by atoms with E-state index in [1.54, 1.807) is 0 Å². The van der Waals surface area contributed by atoms with Crippen LogP contribution < -0.4 is 0 Å². The van der Waals surface area contributed by atoms with Gasteiger partial charge in [-0.15, -0.1) is 0 Å². The Balaban J connectivity index is 3.40. The van der Waals surface area contributed by atoms with Crippen molar-refractivity contribution in [1.82, 2.24) is 9.80 Å². The summed E-state index contributed by atoms with van der Waals surface area (Å²) in [5.74, 6) is -3.95. The van der Waals surface area contributed by atoms with Crippen LogP contribution in [0.4, 0.5) is 0 Å². The molecule has 4 N–H and O–H groups in total. The third-order valence-corrected chi connectivity index (χ3v) is 11.0. The Bertz CT molecular complexity index is 777. The summed E-state index contributed by atoms with van der Waals surface area (Å²) in [5.41, 5.74) is 0. The maximum atomic E-state index is 10.8. The average Bonchev–Trinajstić information content (AvgIpc) is 2.98. The molecule has 0 aliphatic heterocycles. The lowest BCUT2D eigenvalue weighted by Crippen LogP contribution is -2.35. The fraction of sp³-hybridized carbons (Fsp3) is 0.879. The van der Waals surface area contributed by atoms with E-state index in [9.17, 15) is 19.2 Å². The first-order valence-electron chi connectivity index (χ1n) is 18.1. The van der Waals surface area contributed by atoms with Crippen LogP contribution in [0, 0.1) is 0 Å². The molecule has 0 heterocycles. The number of carboxylic acid groups (broad SMARTS) is 4. The Hall–Kier alpha value is -1.85. The minimum absolute atomic E-state index is 0.215. The molecule has 276 valence electrons. The van der Waals surface area contributed by atoms with Crippen molar-refractivity contribution in [3.63, 3.8) is 0 Å². The molecule has 0 saturated heterocycles. The van der Waals surface area contributed by atoms with Gasteiger partial charge in [-0.25, -0.2) is 0 Å². The Labute approximate surface area is 287 Å². The van der Waals surface area contributed by atoms with E-state index in [4.69, 9.17) is 29.3 Å². The van der Waals surface area contributed by atoms with Crippen molar-refractivity contribution in [2.45, 2.75) is 141 Å². The van der Waals surface area contributed by atoms with Crippen LogP contribution in [0.15, 0.2) is 0 Å². The summed E-state index contributed by atoms with van der Waals surface area (Å²) in [6.45, 7) is 3.03. The highest BCUT2D eigenvalue weighted by Crippen LogP contribution is 2.13.